The lowest BCUT2D eigenvalue weighted by molar-refractivity contribution is -0.0105. The molecule has 1 aliphatic heterocycles. The van der Waals surface area contributed by atoms with E-state index in [9.17, 15) is 14.0 Å². The zero-order valence-electron chi connectivity index (χ0n) is 25.2. The van der Waals surface area contributed by atoms with Crippen LogP contribution in [0.3, 0.4) is 0 Å². The van der Waals surface area contributed by atoms with Gasteiger partial charge in [0.15, 0.2) is 0 Å². The molecule has 0 radical (unpaired) electrons. The van der Waals surface area contributed by atoms with E-state index in [1.54, 1.807) is 13.0 Å². The number of aryl methyl sites for hydroxylation is 1. The highest BCUT2D eigenvalue weighted by Gasteiger charge is 2.51. The van der Waals surface area contributed by atoms with Gasteiger partial charge in [-0.1, -0.05) is 61.7 Å². The second-order valence-corrected chi connectivity index (χ2v) is 12.9. The molecule has 6 rings (SSSR count). The third-order valence-electron chi connectivity index (χ3n) is 9.67. The number of carbonyl (C=O) groups is 2. The molecule has 1 saturated heterocycles. The molecule has 4 aliphatic rings. The van der Waals surface area contributed by atoms with Gasteiger partial charge in [0.2, 0.25) is 0 Å². The standard InChI is InChI=1S/C32H43ClFN5O3/c1-5-6-12-35-31(41)38-16-13-37(14-17-38)15-18-39(20-22-10-11-23-19-24(22)32(23,3)4)30(40)27-21(2)42-36-29(27)28-25(33)8-7-9-26(28)34/h7-10,23-24H,5-6,11-20H2,1-4H3,(H,35,41). The molecule has 2 heterocycles. The van der Waals surface area contributed by atoms with Crippen LogP contribution in [0.4, 0.5) is 9.18 Å². The Balaban J connectivity index is 1.33. The van der Waals surface area contributed by atoms with Crippen molar-refractivity contribution in [2.24, 2.45) is 17.3 Å². The fraction of sp³-hybridized carbons (Fsp3) is 0.594. The third-order valence-corrected chi connectivity index (χ3v) is 9.99. The van der Waals surface area contributed by atoms with Gasteiger partial charge in [0.1, 0.15) is 22.8 Å². The van der Waals surface area contributed by atoms with Crippen molar-refractivity contribution in [2.75, 3.05) is 52.4 Å². The van der Waals surface area contributed by atoms with Gasteiger partial charge in [-0.15, -0.1) is 0 Å². The van der Waals surface area contributed by atoms with Crippen molar-refractivity contribution in [1.82, 2.24) is 25.2 Å². The van der Waals surface area contributed by atoms with Crippen LogP contribution in [0.1, 0.15) is 62.6 Å². The number of hydrogen-bond acceptors (Lipinski definition) is 5. The van der Waals surface area contributed by atoms with E-state index in [0.29, 0.717) is 56.9 Å². The Morgan fingerprint density at radius 1 is 1.24 bits per heavy atom. The quantitative estimate of drug-likeness (QED) is 0.267. The molecule has 2 atom stereocenters. The number of nitrogens with one attached hydrogen (secondary N) is 1. The first-order valence-electron chi connectivity index (χ1n) is 15.3. The van der Waals surface area contributed by atoms with Crippen LogP contribution in [0.5, 0.6) is 0 Å². The van der Waals surface area contributed by atoms with E-state index in [4.69, 9.17) is 16.1 Å². The van der Waals surface area contributed by atoms with E-state index in [2.05, 4.69) is 42.2 Å². The molecule has 8 nitrogen and oxygen atoms in total. The zero-order valence-corrected chi connectivity index (χ0v) is 26.0. The first kappa shape index (κ1) is 30.5. The van der Waals surface area contributed by atoms with Crippen LogP contribution in [-0.4, -0.2) is 84.2 Å². The van der Waals surface area contributed by atoms with Crippen molar-refractivity contribution in [3.63, 3.8) is 0 Å². The van der Waals surface area contributed by atoms with E-state index in [1.807, 2.05) is 9.80 Å². The number of nitrogens with zero attached hydrogens (tertiary/aromatic N) is 4. The van der Waals surface area contributed by atoms with Gasteiger partial charge in [-0.2, -0.15) is 0 Å². The van der Waals surface area contributed by atoms with Crippen LogP contribution in [0, 0.1) is 30.0 Å². The topological polar surface area (TPSA) is 81.9 Å². The smallest absolute Gasteiger partial charge is 0.317 e. The number of carbonyl (C=O) groups excluding carboxylic acids is 2. The lowest BCUT2D eigenvalue weighted by atomic mass is 9.49. The molecule has 42 heavy (non-hydrogen) atoms. The predicted octanol–water partition coefficient (Wildman–Crippen LogP) is 6.00. The van der Waals surface area contributed by atoms with Gasteiger partial charge in [-0.05, 0) is 55.6 Å². The van der Waals surface area contributed by atoms with Crippen molar-refractivity contribution < 1.29 is 18.5 Å². The summed E-state index contributed by atoms with van der Waals surface area (Å²) in [6, 6.07) is 4.41. The average Bonchev–Trinajstić information content (AvgIpc) is 3.35. The molecule has 2 bridgehead atoms. The molecule has 3 amide bonds. The minimum atomic E-state index is -0.551. The number of fused-ring (bicyclic) bond motifs is 1. The van der Waals surface area contributed by atoms with Gasteiger partial charge in [-0.25, -0.2) is 9.18 Å². The highest BCUT2D eigenvalue weighted by Crippen LogP contribution is 2.59. The summed E-state index contributed by atoms with van der Waals surface area (Å²) in [5.41, 5.74) is 1.98. The van der Waals surface area contributed by atoms with Gasteiger partial charge >= 0.3 is 6.03 Å². The number of piperazine rings is 1. The number of urea groups is 1. The first-order chi connectivity index (χ1) is 20.1. The van der Waals surface area contributed by atoms with Gasteiger partial charge in [0.05, 0.1) is 10.6 Å². The highest BCUT2D eigenvalue weighted by molar-refractivity contribution is 6.33. The summed E-state index contributed by atoms with van der Waals surface area (Å²) in [6.45, 7) is 13.6. The monoisotopic (exact) mass is 599 g/mol. The van der Waals surface area contributed by atoms with Crippen LogP contribution in [-0.2, 0) is 0 Å². The third kappa shape index (κ3) is 6.09. The van der Waals surface area contributed by atoms with E-state index in [0.717, 1.165) is 38.8 Å². The average molecular weight is 600 g/mol. The second-order valence-electron chi connectivity index (χ2n) is 12.5. The van der Waals surface area contributed by atoms with Gasteiger partial charge in [0.25, 0.3) is 5.91 Å². The molecule has 1 aromatic carbocycles. The minimum Gasteiger partial charge on any atom is -0.360 e. The molecule has 1 N–H and O–H groups in total. The molecule has 2 unspecified atom stereocenters. The summed E-state index contributed by atoms with van der Waals surface area (Å²) >= 11 is 6.38. The Kier molecular flexibility index (Phi) is 9.28. The summed E-state index contributed by atoms with van der Waals surface area (Å²) in [4.78, 5) is 32.8. The highest BCUT2D eigenvalue weighted by atomic mass is 35.5. The number of rotatable bonds is 10. The van der Waals surface area contributed by atoms with Crippen molar-refractivity contribution in [3.8, 4) is 11.3 Å². The van der Waals surface area contributed by atoms with E-state index in [-0.39, 0.29) is 39.2 Å². The number of aromatic nitrogens is 1. The van der Waals surface area contributed by atoms with Crippen LogP contribution in [0.25, 0.3) is 11.3 Å². The Labute approximate surface area is 253 Å². The lowest BCUT2D eigenvalue weighted by Crippen LogP contribution is -2.53. The number of unbranched alkanes of at least 4 members (excludes halogenated alkanes) is 1. The summed E-state index contributed by atoms with van der Waals surface area (Å²) in [6.07, 6.45) is 6.52. The molecule has 2 fully saturated rings. The summed E-state index contributed by atoms with van der Waals surface area (Å²) in [7, 11) is 0. The summed E-state index contributed by atoms with van der Waals surface area (Å²) < 4.78 is 20.4. The maximum absolute atomic E-state index is 14.9. The van der Waals surface area contributed by atoms with Gasteiger partial charge in [-0.3, -0.25) is 9.69 Å². The SMILES string of the molecule is CCCCNC(=O)N1CCN(CCN(CC2=CCC3CC2C3(C)C)C(=O)c2c(-c3c(F)cccc3Cl)noc2C)CC1. The molecule has 3 aliphatic carbocycles. The Morgan fingerprint density at radius 2 is 2.00 bits per heavy atom. The largest absolute Gasteiger partial charge is 0.360 e. The number of halogens is 2. The Morgan fingerprint density at radius 3 is 2.67 bits per heavy atom. The fourth-order valence-electron chi connectivity index (χ4n) is 6.73. The predicted molar refractivity (Wildman–Crippen MR) is 162 cm³/mol. The summed E-state index contributed by atoms with van der Waals surface area (Å²) in [5.74, 6) is 0.692. The lowest BCUT2D eigenvalue weighted by Gasteiger charge is -2.57. The van der Waals surface area contributed by atoms with Crippen LogP contribution < -0.4 is 5.32 Å². The van der Waals surface area contributed by atoms with Crippen molar-refractivity contribution in [3.05, 3.63) is 52.0 Å². The minimum absolute atomic E-state index is 0.00664. The molecular weight excluding hydrogens is 557 g/mol. The fourth-order valence-corrected chi connectivity index (χ4v) is 6.98. The van der Waals surface area contributed by atoms with Crippen molar-refractivity contribution in [1.29, 1.82) is 0 Å². The van der Waals surface area contributed by atoms with Gasteiger partial charge < -0.3 is 19.6 Å². The Hall–Kier alpha value is -2.91. The van der Waals surface area contributed by atoms with Crippen LogP contribution in [0.2, 0.25) is 5.02 Å². The Bertz CT molecular complexity index is 1310. The molecule has 10 heteroatoms. The van der Waals surface area contributed by atoms with Crippen molar-refractivity contribution >= 4 is 23.5 Å². The molecule has 2 aromatic rings. The molecule has 228 valence electrons. The van der Waals surface area contributed by atoms with E-state index in [1.165, 1.54) is 17.7 Å². The molecule has 0 spiro atoms. The van der Waals surface area contributed by atoms with Crippen LogP contribution in [0.15, 0.2) is 34.4 Å². The first-order valence-corrected chi connectivity index (χ1v) is 15.6. The molecule has 1 saturated carbocycles. The number of amides is 3. The number of hydrogen-bond donors (Lipinski definition) is 1. The second kappa shape index (κ2) is 12.8. The maximum Gasteiger partial charge on any atom is 0.317 e. The van der Waals surface area contributed by atoms with Crippen molar-refractivity contribution in [2.45, 2.75) is 53.4 Å². The maximum atomic E-state index is 14.9. The molecular formula is C32H43ClFN5O3. The number of allylic oxidation sites excluding steroid dienone is 1. The summed E-state index contributed by atoms with van der Waals surface area (Å²) in [5, 5.41) is 7.27. The van der Waals surface area contributed by atoms with Crippen LogP contribution >= 0.6 is 11.6 Å². The van der Waals surface area contributed by atoms with E-state index < -0.39 is 5.82 Å². The molecule has 1 aromatic heterocycles. The normalized spacial score (nSPS) is 21.5. The van der Waals surface area contributed by atoms with E-state index >= 15 is 0 Å². The zero-order chi connectivity index (χ0) is 30.0. The van der Waals surface area contributed by atoms with Gasteiger partial charge in [0, 0.05) is 52.4 Å². The number of benzene rings is 1.